The zero-order valence-corrected chi connectivity index (χ0v) is 14.0. The number of carbonyl (C=O) groups excluding carboxylic acids is 1. The Kier molecular flexibility index (Phi) is 7.59. The second-order valence-electron chi connectivity index (χ2n) is 6.10. The van der Waals surface area contributed by atoms with Crippen LogP contribution in [-0.2, 0) is 14.3 Å². The van der Waals surface area contributed by atoms with Crippen LogP contribution < -0.4 is 10.6 Å². The van der Waals surface area contributed by atoms with Crippen LogP contribution in [0, 0.1) is 5.92 Å². The van der Waals surface area contributed by atoms with Crippen LogP contribution in [0.15, 0.2) is 0 Å². The number of nitrogens with zero attached hydrogens (tertiary/aromatic N) is 1. The highest BCUT2D eigenvalue weighted by Gasteiger charge is 2.29. The van der Waals surface area contributed by atoms with Gasteiger partial charge in [0.1, 0.15) is 6.10 Å². The van der Waals surface area contributed by atoms with Gasteiger partial charge in [0, 0.05) is 38.8 Å². The number of morpholine rings is 2. The summed E-state index contributed by atoms with van der Waals surface area (Å²) in [4.78, 5) is 14.7. The first-order valence-corrected chi connectivity index (χ1v) is 8.68. The maximum Gasteiger partial charge on any atom is 0.250 e. The lowest BCUT2D eigenvalue weighted by atomic mass is 9.92. The van der Waals surface area contributed by atoms with E-state index in [-0.39, 0.29) is 12.0 Å². The minimum atomic E-state index is -0.346. The summed E-state index contributed by atoms with van der Waals surface area (Å²) >= 11 is 0. The van der Waals surface area contributed by atoms with Gasteiger partial charge < -0.3 is 20.1 Å². The fourth-order valence-electron chi connectivity index (χ4n) is 3.39. The molecule has 0 saturated carbocycles. The first-order valence-electron chi connectivity index (χ1n) is 8.68. The van der Waals surface area contributed by atoms with E-state index in [9.17, 15) is 4.79 Å². The Morgan fingerprint density at radius 2 is 2.00 bits per heavy atom. The molecule has 0 bridgehead atoms. The molecule has 2 N–H and O–H groups in total. The molecule has 2 aliphatic rings. The summed E-state index contributed by atoms with van der Waals surface area (Å²) in [5.41, 5.74) is 0. The second kappa shape index (κ2) is 9.45. The monoisotopic (exact) mass is 313 g/mol. The molecule has 2 saturated heterocycles. The molecular weight excluding hydrogens is 282 g/mol. The van der Waals surface area contributed by atoms with Crippen molar-refractivity contribution in [2.24, 2.45) is 5.92 Å². The van der Waals surface area contributed by atoms with E-state index < -0.39 is 0 Å². The normalized spacial score (nSPS) is 25.1. The highest BCUT2D eigenvalue weighted by Crippen LogP contribution is 2.19. The second-order valence-corrected chi connectivity index (χ2v) is 6.10. The molecule has 0 radical (unpaired) electrons. The lowest BCUT2D eigenvalue weighted by Gasteiger charge is -2.39. The van der Waals surface area contributed by atoms with Gasteiger partial charge in [-0.1, -0.05) is 26.7 Å². The minimum Gasteiger partial charge on any atom is -0.379 e. The number of carbonyl (C=O) groups is 1. The Labute approximate surface area is 133 Å². The van der Waals surface area contributed by atoms with Crippen molar-refractivity contribution in [3.63, 3.8) is 0 Å². The minimum absolute atomic E-state index is 0.0106. The van der Waals surface area contributed by atoms with E-state index in [0.717, 1.165) is 45.7 Å². The van der Waals surface area contributed by atoms with E-state index in [0.29, 0.717) is 31.7 Å². The molecule has 2 rings (SSSR count). The smallest absolute Gasteiger partial charge is 0.250 e. The van der Waals surface area contributed by atoms with Crippen molar-refractivity contribution >= 4 is 5.91 Å². The van der Waals surface area contributed by atoms with E-state index in [4.69, 9.17) is 9.47 Å². The van der Waals surface area contributed by atoms with Gasteiger partial charge in [0.15, 0.2) is 0 Å². The first-order chi connectivity index (χ1) is 10.8. The maximum atomic E-state index is 12.3. The molecule has 2 unspecified atom stereocenters. The molecule has 2 heterocycles. The van der Waals surface area contributed by atoms with Crippen molar-refractivity contribution in [1.29, 1.82) is 0 Å². The van der Waals surface area contributed by atoms with Crippen LogP contribution in [-0.4, -0.2) is 75.5 Å². The molecule has 1 amide bonds. The number of hydrogen-bond donors (Lipinski definition) is 2. The van der Waals surface area contributed by atoms with Crippen molar-refractivity contribution in [3.05, 3.63) is 0 Å². The molecular formula is C16H31N3O3. The van der Waals surface area contributed by atoms with E-state index in [1.165, 1.54) is 0 Å². The van der Waals surface area contributed by atoms with Gasteiger partial charge in [-0.2, -0.15) is 0 Å². The van der Waals surface area contributed by atoms with E-state index in [1.54, 1.807) is 0 Å². The predicted octanol–water partition coefficient (Wildman–Crippen LogP) is 0.228. The largest absolute Gasteiger partial charge is 0.379 e. The maximum absolute atomic E-state index is 12.3. The summed E-state index contributed by atoms with van der Waals surface area (Å²) in [5.74, 6) is 0.611. The number of ether oxygens (including phenoxy) is 2. The van der Waals surface area contributed by atoms with Crippen molar-refractivity contribution in [2.45, 2.75) is 38.8 Å². The highest BCUT2D eigenvalue weighted by atomic mass is 16.5. The molecule has 6 heteroatoms. The molecule has 2 fully saturated rings. The highest BCUT2D eigenvalue weighted by molar-refractivity contribution is 5.81. The Balaban J connectivity index is 1.88. The summed E-state index contributed by atoms with van der Waals surface area (Å²) in [6.45, 7) is 10.7. The molecule has 6 nitrogen and oxygen atoms in total. The van der Waals surface area contributed by atoms with Crippen molar-refractivity contribution in [1.82, 2.24) is 15.5 Å². The standard InChI is InChI=1S/C16H31N3O3/c1-3-13(4-2)14(19-6-9-21-10-7-19)11-18-16(20)15-12-17-5-8-22-15/h13-15,17H,3-12H2,1-2H3,(H,18,20). The van der Waals surface area contributed by atoms with Crippen LogP contribution >= 0.6 is 0 Å². The number of hydrogen-bond acceptors (Lipinski definition) is 5. The third-order valence-corrected chi connectivity index (χ3v) is 4.81. The molecule has 2 aliphatic heterocycles. The fourth-order valence-corrected chi connectivity index (χ4v) is 3.39. The van der Waals surface area contributed by atoms with Crippen molar-refractivity contribution < 1.29 is 14.3 Å². The van der Waals surface area contributed by atoms with Gasteiger partial charge in [-0.05, 0) is 5.92 Å². The van der Waals surface area contributed by atoms with Crippen molar-refractivity contribution in [2.75, 3.05) is 52.5 Å². The van der Waals surface area contributed by atoms with Crippen LogP contribution in [0.1, 0.15) is 26.7 Å². The number of nitrogens with one attached hydrogen (secondary N) is 2. The Bertz CT molecular complexity index is 325. The quantitative estimate of drug-likeness (QED) is 0.704. The molecule has 0 aromatic rings. The molecule has 0 aromatic heterocycles. The summed E-state index contributed by atoms with van der Waals surface area (Å²) in [6, 6.07) is 0.388. The van der Waals surface area contributed by atoms with E-state index >= 15 is 0 Å². The number of rotatable bonds is 7. The number of amides is 1. The van der Waals surface area contributed by atoms with Crippen LogP contribution in [0.3, 0.4) is 0 Å². The van der Waals surface area contributed by atoms with Gasteiger partial charge in [0.05, 0.1) is 19.8 Å². The molecule has 22 heavy (non-hydrogen) atoms. The summed E-state index contributed by atoms with van der Waals surface area (Å²) in [7, 11) is 0. The fraction of sp³-hybridized carbons (Fsp3) is 0.938. The first kappa shape index (κ1) is 17.7. The van der Waals surface area contributed by atoms with Crippen LogP contribution in [0.25, 0.3) is 0 Å². The SMILES string of the molecule is CCC(CC)C(CNC(=O)C1CNCCO1)N1CCOCC1. The van der Waals surface area contributed by atoms with Gasteiger partial charge in [-0.25, -0.2) is 0 Å². The van der Waals surface area contributed by atoms with Gasteiger partial charge in [0.2, 0.25) is 0 Å². The lowest BCUT2D eigenvalue weighted by Crippen LogP contribution is -2.54. The molecule has 0 aromatic carbocycles. The average molecular weight is 313 g/mol. The summed E-state index contributed by atoms with van der Waals surface area (Å²) in [5, 5.41) is 6.31. The zero-order chi connectivity index (χ0) is 15.8. The van der Waals surface area contributed by atoms with E-state index in [1.807, 2.05) is 0 Å². The lowest BCUT2D eigenvalue weighted by molar-refractivity contribution is -0.134. The van der Waals surface area contributed by atoms with Crippen LogP contribution in [0.2, 0.25) is 0 Å². The Morgan fingerprint density at radius 3 is 2.59 bits per heavy atom. The Morgan fingerprint density at radius 1 is 1.27 bits per heavy atom. The molecule has 128 valence electrons. The van der Waals surface area contributed by atoms with Gasteiger partial charge in [-0.3, -0.25) is 9.69 Å². The average Bonchev–Trinajstić information content (AvgIpc) is 2.60. The van der Waals surface area contributed by atoms with Crippen molar-refractivity contribution in [3.8, 4) is 0 Å². The Hall–Kier alpha value is -0.690. The topological polar surface area (TPSA) is 62.8 Å². The van der Waals surface area contributed by atoms with Crippen LogP contribution in [0.4, 0.5) is 0 Å². The van der Waals surface area contributed by atoms with Gasteiger partial charge in [-0.15, -0.1) is 0 Å². The molecule has 0 aliphatic carbocycles. The molecule has 0 spiro atoms. The summed E-state index contributed by atoms with van der Waals surface area (Å²) in [6.07, 6.45) is 1.92. The van der Waals surface area contributed by atoms with Crippen LogP contribution in [0.5, 0.6) is 0 Å². The zero-order valence-electron chi connectivity index (χ0n) is 14.0. The van der Waals surface area contributed by atoms with Gasteiger partial charge in [0.25, 0.3) is 5.91 Å². The predicted molar refractivity (Wildman–Crippen MR) is 85.9 cm³/mol. The molecule has 2 atom stereocenters. The third-order valence-electron chi connectivity index (χ3n) is 4.81. The summed E-state index contributed by atoms with van der Waals surface area (Å²) < 4.78 is 11.0. The third kappa shape index (κ3) is 4.91. The van der Waals surface area contributed by atoms with Gasteiger partial charge >= 0.3 is 0 Å². The van der Waals surface area contributed by atoms with E-state index in [2.05, 4.69) is 29.4 Å².